The molecule has 2 heterocycles. The number of halogens is 1. The number of amides is 1. The quantitative estimate of drug-likeness (QED) is 0.521. The summed E-state index contributed by atoms with van der Waals surface area (Å²) in [5, 5.41) is 2.64. The van der Waals surface area contributed by atoms with Gasteiger partial charge >= 0.3 is 0 Å². The maximum atomic E-state index is 12.3. The summed E-state index contributed by atoms with van der Waals surface area (Å²) in [7, 11) is 0. The molecule has 2 aromatic heterocycles. The van der Waals surface area contributed by atoms with Crippen molar-refractivity contribution in [2.75, 3.05) is 0 Å². The van der Waals surface area contributed by atoms with E-state index in [2.05, 4.69) is 47.0 Å². The first-order chi connectivity index (χ1) is 12.2. The van der Waals surface area contributed by atoms with Gasteiger partial charge in [0.15, 0.2) is 0 Å². The minimum atomic E-state index is -0.633. The zero-order valence-electron chi connectivity index (χ0n) is 14.9. The van der Waals surface area contributed by atoms with Crippen LogP contribution < -0.4 is 5.32 Å². The number of nitrogens with zero attached hydrogens (tertiary/aromatic N) is 2. The first-order valence-electron chi connectivity index (χ1n) is 8.30. The second kappa shape index (κ2) is 7.03. The topological polar surface area (TPSA) is 63.5 Å². The van der Waals surface area contributed by atoms with Gasteiger partial charge in [0.05, 0.1) is 12.2 Å². The predicted octanol–water partition coefficient (Wildman–Crippen LogP) is 3.89. The molecule has 5 nitrogen and oxygen atoms in total. The molecule has 0 aliphatic carbocycles. The first kappa shape index (κ1) is 18.3. The van der Waals surface area contributed by atoms with Crippen molar-refractivity contribution in [1.29, 1.82) is 0 Å². The average Bonchev–Trinajstić information content (AvgIpc) is 3.00. The summed E-state index contributed by atoms with van der Waals surface area (Å²) in [4.78, 5) is 28.9. The van der Waals surface area contributed by atoms with Crippen molar-refractivity contribution in [2.24, 2.45) is 0 Å². The van der Waals surface area contributed by atoms with E-state index in [4.69, 9.17) is 0 Å². The molecule has 0 radical (unpaired) electrons. The van der Waals surface area contributed by atoms with Gasteiger partial charge in [-0.3, -0.25) is 9.59 Å². The van der Waals surface area contributed by atoms with E-state index < -0.39 is 11.7 Å². The number of ketones is 1. The number of hydrogen-bond acceptors (Lipinski definition) is 3. The Morgan fingerprint density at radius 1 is 1.08 bits per heavy atom. The fraction of sp³-hybridized carbons (Fsp3) is 0.250. The lowest BCUT2D eigenvalue weighted by Crippen LogP contribution is -2.30. The molecule has 3 aromatic rings. The molecule has 26 heavy (non-hydrogen) atoms. The monoisotopic (exact) mass is 413 g/mol. The Balaban J connectivity index is 1.66. The van der Waals surface area contributed by atoms with Crippen molar-refractivity contribution in [1.82, 2.24) is 14.7 Å². The van der Waals surface area contributed by atoms with Crippen molar-refractivity contribution < 1.29 is 9.59 Å². The van der Waals surface area contributed by atoms with Crippen LogP contribution in [0.25, 0.3) is 5.65 Å². The highest BCUT2D eigenvalue weighted by Crippen LogP contribution is 2.22. The van der Waals surface area contributed by atoms with Crippen molar-refractivity contribution in [3.63, 3.8) is 0 Å². The second-order valence-electron chi connectivity index (χ2n) is 7.18. The Morgan fingerprint density at radius 2 is 1.77 bits per heavy atom. The molecule has 0 bridgehead atoms. The lowest BCUT2D eigenvalue weighted by Gasteiger charge is -2.18. The summed E-state index contributed by atoms with van der Waals surface area (Å²) in [5.41, 5.74) is 2.97. The highest BCUT2D eigenvalue weighted by atomic mass is 79.9. The molecule has 0 fully saturated rings. The van der Waals surface area contributed by atoms with Gasteiger partial charge in [0, 0.05) is 22.4 Å². The Morgan fingerprint density at radius 3 is 2.42 bits per heavy atom. The van der Waals surface area contributed by atoms with Crippen LogP contribution in [-0.2, 0) is 16.8 Å². The minimum Gasteiger partial charge on any atom is -0.343 e. The fourth-order valence-corrected chi connectivity index (χ4v) is 2.96. The van der Waals surface area contributed by atoms with Crippen molar-refractivity contribution in [3.8, 4) is 0 Å². The Bertz CT molecular complexity index is 969. The number of aromatic nitrogens is 2. The van der Waals surface area contributed by atoms with E-state index in [0.29, 0.717) is 11.3 Å². The summed E-state index contributed by atoms with van der Waals surface area (Å²) in [6.07, 6.45) is 3.71. The van der Waals surface area contributed by atoms with Crippen molar-refractivity contribution >= 4 is 33.3 Å². The molecular formula is C20H20BrN3O2. The van der Waals surface area contributed by atoms with Crippen LogP contribution in [0, 0.1) is 0 Å². The molecule has 0 unspecified atom stereocenters. The number of imidazole rings is 1. The van der Waals surface area contributed by atoms with E-state index >= 15 is 0 Å². The molecule has 1 N–H and O–H groups in total. The first-order valence-corrected chi connectivity index (χ1v) is 9.09. The fourth-order valence-electron chi connectivity index (χ4n) is 2.61. The summed E-state index contributed by atoms with van der Waals surface area (Å²) < 4.78 is 2.80. The van der Waals surface area contributed by atoms with E-state index in [1.807, 2.05) is 41.1 Å². The third-order valence-electron chi connectivity index (χ3n) is 4.11. The third kappa shape index (κ3) is 4.02. The van der Waals surface area contributed by atoms with Gasteiger partial charge in [-0.1, -0.05) is 45.0 Å². The third-order valence-corrected chi connectivity index (χ3v) is 4.58. The molecule has 0 saturated carbocycles. The smallest absolute Gasteiger partial charge is 0.292 e. The van der Waals surface area contributed by atoms with Crippen LogP contribution in [0.15, 0.2) is 53.3 Å². The van der Waals surface area contributed by atoms with Crippen LogP contribution >= 0.6 is 15.9 Å². The summed E-state index contributed by atoms with van der Waals surface area (Å²) in [6, 6.07) is 10.9. The molecule has 0 aliphatic heterocycles. The van der Waals surface area contributed by atoms with Gasteiger partial charge < -0.3 is 9.72 Å². The van der Waals surface area contributed by atoms with Gasteiger partial charge in [0.2, 0.25) is 5.78 Å². The van der Waals surface area contributed by atoms with Crippen LogP contribution in [0.1, 0.15) is 42.4 Å². The molecule has 1 aromatic carbocycles. The molecule has 0 aliphatic rings. The molecule has 6 heteroatoms. The molecule has 3 rings (SSSR count). The van der Waals surface area contributed by atoms with Crippen molar-refractivity contribution in [3.05, 3.63) is 70.1 Å². The number of carbonyl (C=O) groups excluding carboxylic acids is 2. The van der Waals surface area contributed by atoms with Crippen LogP contribution in [0.4, 0.5) is 0 Å². The number of Topliss-reactive ketones (excluding diaryl/α,β-unsaturated/α-hetero) is 1. The Kier molecular flexibility index (Phi) is 4.96. The summed E-state index contributed by atoms with van der Waals surface area (Å²) >= 11 is 3.40. The number of benzene rings is 1. The number of rotatable bonds is 4. The highest BCUT2D eigenvalue weighted by molar-refractivity contribution is 9.10. The number of carbonyl (C=O) groups is 2. The maximum Gasteiger partial charge on any atom is 0.292 e. The average molecular weight is 414 g/mol. The predicted molar refractivity (Wildman–Crippen MR) is 104 cm³/mol. The standard InChI is InChI=1S/C20H20BrN3O2/c1-20(2,3)14-6-4-13(5-7-14)18(25)19(26)22-10-16-12-24-11-15(21)8-9-17(24)23-16/h4-9,11-12H,10H2,1-3H3,(H,22,26). The molecule has 0 saturated heterocycles. The van der Waals surface area contributed by atoms with Crippen molar-refractivity contribution in [2.45, 2.75) is 32.7 Å². The maximum absolute atomic E-state index is 12.3. The lowest BCUT2D eigenvalue weighted by atomic mass is 9.86. The summed E-state index contributed by atoms with van der Waals surface area (Å²) in [6.45, 7) is 6.50. The van der Waals surface area contributed by atoms with E-state index in [1.165, 1.54) is 0 Å². The normalized spacial score (nSPS) is 11.5. The Labute approximate surface area is 160 Å². The van der Waals surface area contributed by atoms with E-state index in [0.717, 1.165) is 15.7 Å². The molecule has 0 spiro atoms. The van der Waals surface area contributed by atoms with Gasteiger partial charge in [-0.05, 0) is 39.0 Å². The van der Waals surface area contributed by atoms with Crippen LogP contribution in [0.3, 0.4) is 0 Å². The molecule has 0 atom stereocenters. The number of pyridine rings is 1. The van der Waals surface area contributed by atoms with Gasteiger partial charge in [0.1, 0.15) is 5.65 Å². The van der Waals surface area contributed by atoms with Crippen LogP contribution in [-0.4, -0.2) is 21.1 Å². The second-order valence-corrected chi connectivity index (χ2v) is 8.10. The number of fused-ring (bicyclic) bond motifs is 1. The van der Waals surface area contributed by atoms with E-state index in [1.54, 1.807) is 12.1 Å². The van der Waals surface area contributed by atoms with Gasteiger partial charge in [-0.15, -0.1) is 0 Å². The van der Waals surface area contributed by atoms with Gasteiger partial charge in [-0.2, -0.15) is 0 Å². The van der Waals surface area contributed by atoms with Gasteiger partial charge in [-0.25, -0.2) is 4.98 Å². The Hall–Kier alpha value is -2.47. The largest absolute Gasteiger partial charge is 0.343 e. The van der Waals surface area contributed by atoms with E-state index in [-0.39, 0.29) is 12.0 Å². The summed E-state index contributed by atoms with van der Waals surface area (Å²) in [5.74, 6) is -1.18. The molecular weight excluding hydrogens is 394 g/mol. The zero-order chi connectivity index (χ0) is 18.9. The van der Waals surface area contributed by atoms with Crippen LogP contribution in [0.2, 0.25) is 0 Å². The highest BCUT2D eigenvalue weighted by Gasteiger charge is 2.18. The number of nitrogens with one attached hydrogen (secondary N) is 1. The number of hydrogen-bond donors (Lipinski definition) is 1. The minimum absolute atomic E-state index is 0.00194. The van der Waals surface area contributed by atoms with Crippen LogP contribution in [0.5, 0.6) is 0 Å². The SMILES string of the molecule is CC(C)(C)c1ccc(C(=O)C(=O)NCc2cn3cc(Br)ccc3n2)cc1. The zero-order valence-corrected chi connectivity index (χ0v) is 16.5. The molecule has 134 valence electrons. The molecule has 1 amide bonds. The van der Waals surface area contributed by atoms with Gasteiger partial charge in [0.25, 0.3) is 5.91 Å². The van der Waals surface area contributed by atoms with E-state index in [9.17, 15) is 9.59 Å². The lowest BCUT2D eigenvalue weighted by molar-refractivity contribution is -0.117.